The first-order valence-corrected chi connectivity index (χ1v) is 17.1. The molecule has 2 aliphatic rings. The molecule has 4 atom stereocenters. The Balaban J connectivity index is 0.000000366. The summed E-state index contributed by atoms with van der Waals surface area (Å²) in [6.45, 7) is 0. The summed E-state index contributed by atoms with van der Waals surface area (Å²) in [4.78, 5) is 59.0. The van der Waals surface area contributed by atoms with Crippen LogP contribution in [0.4, 0.5) is 0 Å². The molecule has 4 aromatic heterocycles. The molecule has 16 heteroatoms. The fourth-order valence-electron chi connectivity index (χ4n) is 6.60. The number of carboxylic acid groups (broad SMARTS) is 4. The van der Waals surface area contributed by atoms with Crippen molar-refractivity contribution in [2.75, 3.05) is 0 Å². The summed E-state index contributed by atoms with van der Waals surface area (Å²) in [7, 11) is 0. The zero-order chi connectivity index (χ0) is 37.0. The van der Waals surface area contributed by atoms with Gasteiger partial charge in [-0.2, -0.15) is 0 Å². The number of benzene rings is 2. The Morgan fingerprint density at radius 3 is 0.821 bits per heavy atom. The van der Waals surface area contributed by atoms with E-state index in [1.807, 2.05) is 24.3 Å². The van der Waals surface area contributed by atoms with Crippen molar-refractivity contribution in [1.29, 1.82) is 0 Å². The van der Waals surface area contributed by atoms with E-state index in [0.717, 1.165) is 43.6 Å². The molecule has 14 nitrogen and oxygen atoms in total. The van der Waals surface area contributed by atoms with Gasteiger partial charge in [0.25, 0.3) is 0 Å². The third-order valence-corrected chi connectivity index (χ3v) is 9.37. The maximum absolute atomic E-state index is 10.4. The second-order valence-electron chi connectivity index (χ2n) is 12.8. The van der Waals surface area contributed by atoms with Crippen molar-refractivity contribution in [2.45, 2.75) is 51.4 Å². The molecule has 0 amide bonds. The van der Waals surface area contributed by atoms with Crippen LogP contribution in [0.25, 0.3) is 43.6 Å². The molecule has 284 valence electrons. The van der Waals surface area contributed by atoms with Gasteiger partial charge in [-0.05, 0) is 86.5 Å². The molecule has 0 unspecified atom stereocenters. The number of carbonyl (C=O) groups excluding carboxylic acids is 4. The van der Waals surface area contributed by atoms with E-state index >= 15 is 0 Å². The van der Waals surface area contributed by atoms with E-state index in [1.54, 1.807) is 24.8 Å². The van der Waals surface area contributed by atoms with Crippen LogP contribution in [0.15, 0.2) is 97.6 Å². The molecule has 8 rings (SSSR count). The van der Waals surface area contributed by atoms with Gasteiger partial charge in [0.05, 0.1) is 22.1 Å². The van der Waals surface area contributed by atoms with Crippen molar-refractivity contribution in [3.63, 3.8) is 0 Å². The normalized spacial score (nSPS) is 18.1. The van der Waals surface area contributed by atoms with Gasteiger partial charge in [-0.3, -0.25) is 19.9 Å². The van der Waals surface area contributed by atoms with E-state index in [1.165, 1.54) is 0 Å². The first-order valence-electron chi connectivity index (χ1n) is 17.1. The smallest absolute Gasteiger partial charge is 0.550 e. The van der Waals surface area contributed by atoms with Crippen molar-refractivity contribution in [3.8, 4) is 0 Å². The molecule has 0 aliphatic heterocycles. The summed E-state index contributed by atoms with van der Waals surface area (Å²) < 4.78 is 0. The fraction of sp³-hybridized carbons (Fsp3) is 0.300. The van der Waals surface area contributed by atoms with Crippen LogP contribution in [0.2, 0.25) is 0 Å². The predicted molar refractivity (Wildman–Crippen MR) is 195 cm³/mol. The van der Waals surface area contributed by atoms with Crippen molar-refractivity contribution in [1.82, 2.24) is 19.9 Å². The van der Waals surface area contributed by atoms with Gasteiger partial charge < -0.3 is 50.6 Å². The largest absolute Gasteiger partial charge is 2.00 e. The Morgan fingerprint density at radius 2 is 0.625 bits per heavy atom. The molecule has 0 saturated heterocycles. The van der Waals surface area contributed by atoms with E-state index in [-0.39, 0.29) is 62.7 Å². The standard InChI is InChI=1S/2C12H8N2.2C8H12O4.2H2O.2Zn/c2*1-3-9-5-6-10-4-2-8-14-12(10)11(9)13-7-1;2*9-7(10)5-2-1-3-6(4-5)8(11)12;;;;/h2*1-8H;2*5-6H,1-4H2,(H,9,10)(H,11,12);2*1H2;;/q;;;;;;2*+2/p-2/t;;2*5-,6+;;;;. The minimum atomic E-state index is -1.14. The summed E-state index contributed by atoms with van der Waals surface area (Å²) in [5, 5.41) is 46.1. The van der Waals surface area contributed by atoms with E-state index in [4.69, 9.17) is 0 Å². The first-order chi connectivity index (χ1) is 25.1. The number of aliphatic carboxylic acids is 4. The number of nitrogens with zero attached hydrogens (tertiary/aromatic N) is 4. The number of pyridine rings is 4. The topological polar surface area (TPSA) is 278 Å². The van der Waals surface area contributed by atoms with Crippen LogP contribution in [-0.4, -0.2) is 43.8 Å². The molecule has 4 heterocycles. The molecule has 0 radical (unpaired) electrons. The Bertz CT molecular complexity index is 1910. The summed E-state index contributed by atoms with van der Waals surface area (Å²) in [5.41, 5.74) is 3.91. The second-order valence-corrected chi connectivity index (χ2v) is 12.8. The second kappa shape index (κ2) is 23.9. The molecular weight excluding hydrogens is 827 g/mol. The maximum atomic E-state index is 10.4. The first kappa shape index (κ1) is 49.1. The van der Waals surface area contributed by atoms with Gasteiger partial charge in [0.1, 0.15) is 0 Å². The SMILES string of the molecule is O=C([O-])[C@@H]1CCC[C@H](C(=O)[O-])C1.O=C([O-])[C@@H]1CCC[C@H](C(=O)[O-])C1.[OH3+].[OH3+].[Zn+2].[Zn+2].c1cnc2c(c1)ccc1cccnc12.c1cnc2c(c1)ccc1cccnc12. The van der Waals surface area contributed by atoms with Gasteiger partial charge in [-0.15, -0.1) is 0 Å². The quantitative estimate of drug-likeness (QED) is 0.131. The number of hydrogen-bond donors (Lipinski definition) is 0. The van der Waals surface area contributed by atoms with Gasteiger partial charge in [-0.25, -0.2) is 0 Å². The number of carboxylic acids is 4. The van der Waals surface area contributed by atoms with Crippen LogP contribution in [0.5, 0.6) is 0 Å². The van der Waals surface area contributed by atoms with Crippen LogP contribution in [0, 0.1) is 23.7 Å². The Kier molecular flexibility index (Phi) is 21.0. The Morgan fingerprint density at radius 1 is 0.411 bits per heavy atom. The van der Waals surface area contributed by atoms with Crippen LogP contribution >= 0.6 is 0 Å². The van der Waals surface area contributed by atoms with Crippen LogP contribution in [-0.2, 0) is 69.1 Å². The summed E-state index contributed by atoms with van der Waals surface area (Å²) >= 11 is 0. The molecule has 6 aromatic rings. The van der Waals surface area contributed by atoms with Crippen LogP contribution < -0.4 is 20.4 Å². The maximum Gasteiger partial charge on any atom is 2.00 e. The summed E-state index contributed by atoms with van der Waals surface area (Å²) in [6, 6.07) is 24.3. The molecule has 2 fully saturated rings. The third-order valence-electron chi connectivity index (χ3n) is 9.37. The van der Waals surface area contributed by atoms with Gasteiger partial charge in [-0.1, -0.05) is 61.4 Å². The summed E-state index contributed by atoms with van der Waals surface area (Å²) in [5.74, 6) is -6.93. The Hall–Kier alpha value is -4.87. The molecular formula is C40H42N4O10Zn2+2. The van der Waals surface area contributed by atoms with Gasteiger partial charge in [0.15, 0.2) is 0 Å². The molecule has 0 spiro atoms. The van der Waals surface area contributed by atoms with E-state index < -0.39 is 47.5 Å². The van der Waals surface area contributed by atoms with Crippen LogP contribution in [0.3, 0.4) is 0 Å². The van der Waals surface area contributed by atoms with Gasteiger partial charge in [0, 0.05) is 70.2 Å². The number of fused-ring (bicyclic) bond motifs is 6. The van der Waals surface area contributed by atoms with E-state index in [2.05, 4.69) is 68.5 Å². The Labute approximate surface area is 347 Å². The minimum absolute atomic E-state index is 0. The average molecular weight is 870 g/mol. The zero-order valence-corrected chi connectivity index (χ0v) is 36.8. The van der Waals surface area contributed by atoms with Crippen LogP contribution in [0.1, 0.15) is 51.4 Å². The molecule has 2 aromatic carbocycles. The molecule has 56 heavy (non-hydrogen) atoms. The van der Waals surface area contributed by atoms with Crippen molar-refractivity contribution < 1.29 is 89.5 Å². The monoisotopic (exact) mass is 866 g/mol. The van der Waals surface area contributed by atoms with Crippen molar-refractivity contribution >= 4 is 67.5 Å². The average Bonchev–Trinajstić information content (AvgIpc) is 3.18. The third kappa shape index (κ3) is 13.1. The fourth-order valence-corrected chi connectivity index (χ4v) is 6.60. The number of carbonyl (C=O) groups is 4. The number of aromatic nitrogens is 4. The molecule has 0 bridgehead atoms. The van der Waals surface area contributed by atoms with E-state index in [9.17, 15) is 39.6 Å². The molecule has 6 N–H and O–H groups in total. The summed E-state index contributed by atoms with van der Waals surface area (Å²) in [6.07, 6.45) is 11.0. The van der Waals surface area contributed by atoms with E-state index in [0.29, 0.717) is 38.5 Å². The minimum Gasteiger partial charge on any atom is -0.550 e. The number of hydrogen-bond acceptors (Lipinski definition) is 12. The van der Waals surface area contributed by atoms with Gasteiger partial charge >= 0.3 is 39.0 Å². The predicted octanol–water partition coefficient (Wildman–Crippen LogP) is 0.302. The molecule has 2 saturated carbocycles. The zero-order valence-electron chi connectivity index (χ0n) is 30.8. The van der Waals surface area contributed by atoms with Crippen molar-refractivity contribution in [3.05, 3.63) is 97.6 Å². The van der Waals surface area contributed by atoms with Crippen molar-refractivity contribution in [2.24, 2.45) is 23.7 Å². The van der Waals surface area contributed by atoms with Gasteiger partial charge in [0.2, 0.25) is 0 Å². The number of rotatable bonds is 4. The molecule has 2 aliphatic carbocycles.